The first-order valence-electron chi connectivity index (χ1n) is 4.84. The molecule has 3 nitrogen and oxygen atoms in total. The second-order valence-electron chi connectivity index (χ2n) is 3.12. The maximum absolute atomic E-state index is 5.93. The van der Waals surface area contributed by atoms with Crippen LogP contribution in [0.1, 0.15) is 0 Å². The van der Waals surface area contributed by atoms with Gasteiger partial charge in [0.2, 0.25) is 0 Å². The Morgan fingerprint density at radius 1 is 0.812 bits per heavy atom. The molecule has 0 radical (unpaired) electrons. The number of para-hydroxylation sites is 1. The molecule has 0 saturated heterocycles. The summed E-state index contributed by atoms with van der Waals surface area (Å²) in [5, 5.41) is 7.89. The van der Waals surface area contributed by atoms with Gasteiger partial charge in [-0.2, -0.15) is 4.53 Å². The Bertz CT molecular complexity index is 456. The van der Waals surface area contributed by atoms with Gasteiger partial charge >= 0.3 is 0 Å². The van der Waals surface area contributed by atoms with Crippen molar-refractivity contribution in [2.75, 3.05) is 4.53 Å². The van der Waals surface area contributed by atoms with E-state index in [-0.39, 0.29) is 0 Å². The van der Waals surface area contributed by atoms with Gasteiger partial charge in [0.05, 0.1) is 11.4 Å². The van der Waals surface area contributed by atoms with Crippen molar-refractivity contribution in [1.82, 2.24) is 0 Å². The van der Waals surface area contributed by atoms with E-state index in [9.17, 15) is 0 Å². The molecule has 0 heterocycles. The Morgan fingerprint density at radius 2 is 1.38 bits per heavy atom. The number of hydrogen-bond donors (Lipinski definition) is 0. The van der Waals surface area contributed by atoms with E-state index in [0.29, 0.717) is 0 Å². The molecule has 16 heavy (non-hydrogen) atoms. The third kappa shape index (κ3) is 2.81. The highest BCUT2D eigenvalue weighted by Crippen LogP contribution is 2.18. The van der Waals surface area contributed by atoms with Crippen molar-refractivity contribution in [3.05, 3.63) is 60.7 Å². The summed E-state index contributed by atoms with van der Waals surface area (Å²) in [6, 6.07) is 18.9. The molecule has 4 heteroatoms. The lowest BCUT2D eigenvalue weighted by molar-refractivity contribution is 1.04. The summed E-state index contributed by atoms with van der Waals surface area (Å²) in [4.78, 5) is 0. The summed E-state index contributed by atoms with van der Waals surface area (Å²) < 4.78 is 1.22. The Labute approximate surface area is 99.1 Å². The number of nitrogens with zero attached hydrogens (tertiary/aromatic N) is 3. The van der Waals surface area contributed by atoms with Crippen molar-refractivity contribution < 1.29 is 0 Å². The van der Waals surface area contributed by atoms with Gasteiger partial charge in [0.25, 0.3) is 0 Å². The van der Waals surface area contributed by atoms with Crippen LogP contribution < -0.4 is 4.53 Å². The molecule has 0 aliphatic carbocycles. The number of hydrogen-bond acceptors (Lipinski definition) is 2. The number of benzene rings is 2. The summed E-state index contributed by atoms with van der Waals surface area (Å²) in [6.45, 7) is 0. The topological polar surface area (TPSA) is 28.0 Å². The van der Waals surface area contributed by atoms with E-state index in [1.54, 1.807) is 0 Å². The van der Waals surface area contributed by atoms with E-state index in [2.05, 4.69) is 10.3 Å². The average Bonchev–Trinajstić information content (AvgIpc) is 2.38. The van der Waals surface area contributed by atoms with Crippen LogP contribution in [-0.2, 0) is 0 Å². The molecule has 2 aromatic carbocycles. The molecular formula is C12H10ClN3. The highest BCUT2D eigenvalue weighted by atomic mass is 35.5. The van der Waals surface area contributed by atoms with Gasteiger partial charge in [-0.1, -0.05) is 36.4 Å². The second kappa shape index (κ2) is 5.28. The maximum Gasteiger partial charge on any atom is 0.0874 e. The number of rotatable bonds is 3. The highest BCUT2D eigenvalue weighted by molar-refractivity contribution is 6.25. The summed E-state index contributed by atoms with van der Waals surface area (Å²) in [7, 11) is 0. The first kappa shape index (κ1) is 10.6. The molecule has 2 aromatic rings. The van der Waals surface area contributed by atoms with E-state index < -0.39 is 0 Å². The Morgan fingerprint density at radius 3 is 2.00 bits per heavy atom. The van der Waals surface area contributed by atoms with E-state index >= 15 is 0 Å². The van der Waals surface area contributed by atoms with Crippen molar-refractivity contribution in [1.29, 1.82) is 0 Å². The maximum atomic E-state index is 5.93. The summed E-state index contributed by atoms with van der Waals surface area (Å²) in [6.07, 6.45) is 0. The third-order valence-electron chi connectivity index (χ3n) is 1.96. The molecule has 0 bridgehead atoms. The van der Waals surface area contributed by atoms with Gasteiger partial charge in [0, 0.05) is 11.8 Å². The van der Waals surface area contributed by atoms with Gasteiger partial charge in [0.15, 0.2) is 0 Å². The van der Waals surface area contributed by atoms with Gasteiger partial charge in [-0.15, -0.1) is 5.11 Å². The van der Waals surface area contributed by atoms with Crippen LogP contribution in [0.15, 0.2) is 71.0 Å². The molecule has 0 aromatic heterocycles. The lowest BCUT2D eigenvalue weighted by atomic mass is 10.3. The van der Waals surface area contributed by atoms with Crippen LogP contribution in [0.3, 0.4) is 0 Å². The predicted octanol–water partition coefficient (Wildman–Crippen LogP) is 4.35. The van der Waals surface area contributed by atoms with E-state index in [4.69, 9.17) is 11.8 Å². The van der Waals surface area contributed by atoms with E-state index in [0.717, 1.165) is 11.4 Å². The average molecular weight is 232 g/mol. The van der Waals surface area contributed by atoms with Crippen LogP contribution in [0, 0.1) is 0 Å². The second-order valence-corrected chi connectivity index (χ2v) is 3.44. The largest absolute Gasteiger partial charge is 0.154 e. The SMILES string of the molecule is ClN(N=Nc1ccccc1)c1ccccc1. The van der Waals surface area contributed by atoms with Gasteiger partial charge in [-0.05, 0) is 29.5 Å². The Hall–Kier alpha value is -1.87. The minimum Gasteiger partial charge on any atom is -0.154 e. The lowest BCUT2D eigenvalue weighted by Gasteiger charge is -2.06. The predicted molar refractivity (Wildman–Crippen MR) is 65.7 cm³/mol. The zero-order chi connectivity index (χ0) is 11.2. The van der Waals surface area contributed by atoms with Crippen molar-refractivity contribution in [2.24, 2.45) is 10.3 Å². The van der Waals surface area contributed by atoms with Crippen LogP contribution in [0.4, 0.5) is 11.4 Å². The van der Waals surface area contributed by atoms with Crippen molar-refractivity contribution in [3.8, 4) is 0 Å². The van der Waals surface area contributed by atoms with Gasteiger partial charge in [0.1, 0.15) is 0 Å². The van der Waals surface area contributed by atoms with Crippen LogP contribution >= 0.6 is 11.8 Å². The monoisotopic (exact) mass is 231 g/mol. The zero-order valence-corrected chi connectivity index (χ0v) is 9.25. The number of anilines is 1. The minimum atomic E-state index is 0.768. The van der Waals surface area contributed by atoms with Crippen molar-refractivity contribution >= 4 is 23.2 Å². The fourth-order valence-corrected chi connectivity index (χ4v) is 1.33. The first-order chi connectivity index (χ1) is 7.86. The zero-order valence-electron chi connectivity index (χ0n) is 8.49. The molecule has 0 amide bonds. The molecule has 0 spiro atoms. The van der Waals surface area contributed by atoms with Gasteiger partial charge in [-0.3, -0.25) is 0 Å². The molecule has 2 rings (SSSR count). The lowest BCUT2D eigenvalue weighted by Crippen LogP contribution is -1.97. The summed E-state index contributed by atoms with van der Waals surface area (Å²) in [5.41, 5.74) is 1.55. The van der Waals surface area contributed by atoms with Crippen molar-refractivity contribution in [2.45, 2.75) is 0 Å². The minimum absolute atomic E-state index is 0.768. The Balaban J connectivity index is 2.08. The van der Waals surface area contributed by atoms with Crippen molar-refractivity contribution in [3.63, 3.8) is 0 Å². The molecule has 0 aliphatic heterocycles. The molecule has 0 unspecified atom stereocenters. The fourth-order valence-electron chi connectivity index (χ4n) is 1.19. The van der Waals surface area contributed by atoms with Gasteiger partial charge in [-0.25, -0.2) is 0 Å². The molecular weight excluding hydrogens is 222 g/mol. The molecule has 0 atom stereocenters. The first-order valence-corrected chi connectivity index (χ1v) is 5.18. The van der Waals surface area contributed by atoms with E-state index in [1.807, 2.05) is 60.7 Å². The third-order valence-corrected chi connectivity index (χ3v) is 2.23. The Kier molecular flexibility index (Phi) is 3.51. The fraction of sp³-hybridized carbons (Fsp3) is 0. The smallest absolute Gasteiger partial charge is 0.0874 e. The van der Waals surface area contributed by atoms with Gasteiger partial charge < -0.3 is 0 Å². The molecule has 80 valence electrons. The van der Waals surface area contributed by atoms with E-state index in [1.165, 1.54) is 4.53 Å². The molecule has 0 aliphatic rings. The standard InChI is InChI=1S/C12H10ClN3/c13-16(12-9-5-2-6-10-12)15-14-11-7-3-1-4-8-11/h1-10H. The normalized spacial score (nSPS) is 10.6. The number of halogens is 1. The molecule has 0 N–H and O–H groups in total. The van der Waals surface area contributed by atoms with Crippen LogP contribution in [0.2, 0.25) is 0 Å². The van der Waals surface area contributed by atoms with Crippen LogP contribution in [0.5, 0.6) is 0 Å². The summed E-state index contributed by atoms with van der Waals surface area (Å²) >= 11 is 5.93. The van der Waals surface area contributed by atoms with Crippen LogP contribution in [0.25, 0.3) is 0 Å². The van der Waals surface area contributed by atoms with Crippen LogP contribution in [-0.4, -0.2) is 0 Å². The molecule has 0 saturated carbocycles. The summed E-state index contributed by atoms with van der Waals surface area (Å²) in [5.74, 6) is 0. The quantitative estimate of drug-likeness (QED) is 0.439. The molecule has 0 fully saturated rings. The highest BCUT2D eigenvalue weighted by Gasteiger charge is 1.98.